The average molecular weight is 348 g/mol. The molecule has 1 amide bonds. The molecule has 2 aromatic carbocycles. The fraction of sp³-hybridized carbons (Fsp3) is 0.235. The molecule has 2 rings (SSSR count). The van der Waals surface area contributed by atoms with Crippen LogP contribution in [-0.2, 0) is 21.4 Å². The molecule has 1 N–H and O–H groups in total. The van der Waals surface area contributed by atoms with Gasteiger partial charge >= 0.3 is 0 Å². The molecule has 0 saturated heterocycles. The van der Waals surface area contributed by atoms with E-state index in [4.69, 9.17) is 4.84 Å². The Balaban J connectivity index is 2.08. The number of benzene rings is 2. The Hall–Kier alpha value is -2.22. The van der Waals surface area contributed by atoms with E-state index in [0.717, 1.165) is 15.6 Å². The van der Waals surface area contributed by atoms with Crippen molar-refractivity contribution < 1.29 is 18.0 Å². The molecule has 0 fully saturated rings. The fourth-order valence-corrected chi connectivity index (χ4v) is 3.08. The van der Waals surface area contributed by atoms with Crippen LogP contribution in [0.1, 0.15) is 21.5 Å². The fourth-order valence-electron chi connectivity index (χ4n) is 2.11. The minimum atomic E-state index is -3.71. The van der Waals surface area contributed by atoms with Crippen LogP contribution in [0.4, 0.5) is 0 Å². The maximum Gasteiger partial charge on any atom is 0.264 e. The smallest absolute Gasteiger partial charge is 0.264 e. The second-order valence-electron chi connectivity index (χ2n) is 5.23. The third kappa shape index (κ3) is 4.00. The Morgan fingerprint density at radius 1 is 1.12 bits per heavy atom. The first-order valence-corrected chi connectivity index (χ1v) is 8.76. The number of carbonyl (C=O) groups is 1. The highest BCUT2D eigenvalue weighted by Crippen LogP contribution is 2.15. The average Bonchev–Trinajstić information content (AvgIpc) is 2.60. The number of rotatable bonds is 6. The SMILES string of the molecule is CON(C)S(=O)(=O)c1ccc(C(=O)NCc2ccccc2C)cc1. The first kappa shape index (κ1) is 18.1. The molecule has 24 heavy (non-hydrogen) atoms. The Morgan fingerprint density at radius 2 is 1.75 bits per heavy atom. The van der Waals surface area contributed by atoms with Crippen LogP contribution in [0.2, 0.25) is 0 Å². The molecule has 0 atom stereocenters. The summed E-state index contributed by atoms with van der Waals surface area (Å²) in [7, 11) is -1.14. The van der Waals surface area contributed by atoms with E-state index in [9.17, 15) is 13.2 Å². The topological polar surface area (TPSA) is 75.7 Å². The van der Waals surface area contributed by atoms with Crippen molar-refractivity contribution in [3.63, 3.8) is 0 Å². The minimum Gasteiger partial charge on any atom is -0.348 e. The molecule has 6 nitrogen and oxygen atoms in total. The van der Waals surface area contributed by atoms with Gasteiger partial charge in [0.15, 0.2) is 0 Å². The number of nitrogens with zero attached hydrogens (tertiary/aromatic N) is 1. The molecule has 128 valence electrons. The van der Waals surface area contributed by atoms with Gasteiger partial charge in [-0.25, -0.2) is 8.42 Å². The van der Waals surface area contributed by atoms with Crippen molar-refractivity contribution in [3.05, 3.63) is 65.2 Å². The summed E-state index contributed by atoms with van der Waals surface area (Å²) < 4.78 is 24.9. The predicted octanol–water partition coefficient (Wildman–Crippen LogP) is 2.11. The highest BCUT2D eigenvalue weighted by atomic mass is 32.2. The van der Waals surface area contributed by atoms with Crippen LogP contribution in [0.3, 0.4) is 0 Å². The van der Waals surface area contributed by atoms with Crippen LogP contribution >= 0.6 is 0 Å². The molecule has 2 aromatic rings. The molecule has 0 saturated carbocycles. The third-order valence-electron chi connectivity index (χ3n) is 3.71. The van der Waals surface area contributed by atoms with Crippen LogP contribution in [-0.4, -0.2) is 33.0 Å². The number of hydroxylamine groups is 1. The highest BCUT2D eigenvalue weighted by Gasteiger charge is 2.20. The predicted molar refractivity (Wildman–Crippen MR) is 90.7 cm³/mol. The number of hydrogen-bond acceptors (Lipinski definition) is 4. The van der Waals surface area contributed by atoms with Crippen molar-refractivity contribution in [1.29, 1.82) is 0 Å². The summed E-state index contributed by atoms with van der Waals surface area (Å²) in [5, 5.41) is 2.82. The Bertz CT molecular complexity index is 817. The van der Waals surface area contributed by atoms with Gasteiger partial charge in [0.05, 0.1) is 12.0 Å². The lowest BCUT2D eigenvalue weighted by Crippen LogP contribution is -2.26. The molecule has 0 unspecified atom stereocenters. The first-order valence-electron chi connectivity index (χ1n) is 7.32. The highest BCUT2D eigenvalue weighted by molar-refractivity contribution is 7.89. The van der Waals surface area contributed by atoms with E-state index >= 15 is 0 Å². The summed E-state index contributed by atoms with van der Waals surface area (Å²) in [6.07, 6.45) is 0. The van der Waals surface area contributed by atoms with E-state index in [1.165, 1.54) is 38.4 Å². The molecule has 0 aromatic heterocycles. The number of aryl methyl sites for hydroxylation is 1. The normalized spacial score (nSPS) is 11.5. The zero-order valence-electron chi connectivity index (χ0n) is 13.8. The van der Waals surface area contributed by atoms with E-state index in [1.54, 1.807) is 0 Å². The second kappa shape index (κ2) is 7.57. The Morgan fingerprint density at radius 3 is 2.33 bits per heavy atom. The van der Waals surface area contributed by atoms with Crippen molar-refractivity contribution in [2.45, 2.75) is 18.4 Å². The number of sulfonamides is 1. The monoisotopic (exact) mass is 348 g/mol. The standard InChI is InChI=1S/C17H20N2O4S/c1-13-6-4-5-7-15(13)12-18-17(20)14-8-10-16(11-9-14)24(21,22)19(2)23-3/h4-11H,12H2,1-3H3,(H,18,20). The van der Waals surface area contributed by atoms with Gasteiger partial charge in [-0.2, -0.15) is 0 Å². The maximum absolute atomic E-state index is 12.2. The molecular weight excluding hydrogens is 328 g/mol. The summed E-state index contributed by atoms with van der Waals surface area (Å²) in [5.74, 6) is -0.262. The largest absolute Gasteiger partial charge is 0.348 e. The summed E-state index contributed by atoms with van der Waals surface area (Å²) in [6.45, 7) is 2.39. The van der Waals surface area contributed by atoms with Crippen LogP contribution in [0.25, 0.3) is 0 Å². The molecule has 7 heteroatoms. The lowest BCUT2D eigenvalue weighted by molar-refractivity contribution is -0.0258. The minimum absolute atomic E-state index is 0.0577. The molecule has 0 radical (unpaired) electrons. The quantitative estimate of drug-likeness (QED) is 0.811. The van der Waals surface area contributed by atoms with Crippen molar-refractivity contribution in [3.8, 4) is 0 Å². The lowest BCUT2D eigenvalue weighted by atomic mass is 10.1. The van der Waals surface area contributed by atoms with Gasteiger partial charge in [0.2, 0.25) is 0 Å². The summed E-state index contributed by atoms with van der Waals surface area (Å²) in [5.41, 5.74) is 2.52. The van der Waals surface area contributed by atoms with E-state index in [1.807, 2.05) is 31.2 Å². The van der Waals surface area contributed by atoms with Crippen molar-refractivity contribution >= 4 is 15.9 Å². The van der Waals surface area contributed by atoms with Crippen molar-refractivity contribution in [1.82, 2.24) is 9.79 Å². The van der Waals surface area contributed by atoms with Gasteiger partial charge < -0.3 is 5.32 Å². The van der Waals surface area contributed by atoms with Crippen LogP contribution in [0, 0.1) is 6.92 Å². The van der Waals surface area contributed by atoms with Crippen LogP contribution in [0.5, 0.6) is 0 Å². The van der Waals surface area contributed by atoms with Crippen LogP contribution in [0.15, 0.2) is 53.4 Å². The molecule has 0 aliphatic heterocycles. The van der Waals surface area contributed by atoms with Gasteiger partial charge in [-0.1, -0.05) is 28.7 Å². The molecule has 0 bridgehead atoms. The summed E-state index contributed by atoms with van der Waals surface area (Å²) in [6, 6.07) is 13.5. The molecular formula is C17H20N2O4S. The maximum atomic E-state index is 12.2. The van der Waals surface area contributed by atoms with E-state index in [2.05, 4.69) is 5.32 Å². The first-order chi connectivity index (χ1) is 11.4. The van der Waals surface area contributed by atoms with E-state index in [-0.39, 0.29) is 10.8 Å². The van der Waals surface area contributed by atoms with Crippen LogP contribution < -0.4 is 5.32 Å². The zero-order chi connectivity index (χ0) is 17.7. The zero-order valence-corrected chi connectivity index (χ0v) is 14.6. The number of amides is 1. The van der Waals surface area contributed by atoms with E-state index in [0.29, 0.717) is 12.1 Å². The number of nitrogens with one attached hydrogen (secondary N) is 1. The lowest BCUT2D eigenvalue weighted by Gasteiger charge is -2.14. The van der Waals surface area contributed by atoms with Gasteiger partial charge in [0.25, 0.3) is 15.9 Å². The van der Waals surface area contributed by atoms with Crippen molar-refractivity contribution in [2.75, 3.05) is 14.2 Å². The Labute approximate surface area is 142 Å². The summed E-state index contributed by atoms with van der Waals surface area (Å²) >= 11 is 0. The molecule has 0 aliphatic rings. The van der Waals surface area contributed by atoms with Gasteiger partial charge in [-0.15, -0.1) is 0 Å². The molecule has 0 spiro atoms. The molecule has 0 heterocycles. The van der Waals surface area contributed by atoms with Gasteiger partial charge in [0.1, 0.15) is 0 Å². The Kier molecular flexibility index (Phi) is 5.71. The molecule has 0 aliphatic carbocycles. The summed E-state index contributed by atoms with van der Waals surface area (Å²) in [4.78, 5) is 17.0. The van der Waals surface area contributed by atoms with Gasteiger partial charge in [0, 0.05) is 19.2 Å². The third-order valence-corrected chi connectivity index (χ3v) is 5.40. The number of carbonyl (C=O) groups excluding carboxylic acids is 1. The van der Waals surface area contributed by atoms with Gasteiger partial charge in [-0.05, 0) is 42.3 Å². The number of hydrogen-bond donors (Lipinski definition) is 1. The van der Waals surface area contributed by atoms with Gasteiger partial charge in [-0.3, -0.25) is 9.63 Å². The van der Waals surface area contributed by atoms with E-state index < -0.39 is 10.0 Å². The van der Waals surface area contributed by atoms with Crippen molar-refractivity contribution in [2.24, 2.45) is 0 Å². The second-order valence-corrected chi connectivity index (χ2v) is 7.17.